The lowest BCUT2D eigenvalue weighted by Gasteiger charge is -1.88. The molecule has 0 radical (unpaired) electrons. The Labute approximate surface area is 47.0 Å². The minimum absolute atomic E-state index is 0.0255. The molecule has 0 atom stereocenters. The molecule has 1 N–H and O–H groups in total. The van der Waals surface area contributed by atoms with Gasteiger partial charge in [0.15, 0.2) is 0 Å². The lowest BCUT2D eigenvalue weighted by Crippen LogP contribution is -1.82. The van der Waals surface area contributed by atoms with Crippen molar-refractivity contribution in [3.05, 3.63) is 18.1 Å². The fraction of sp³-hybridized carbons (Fsp3) is 0.200. The maximum absolute atomic E-state index is 8.66. The number of hydrogen-bond donors (Lipinski definition) is 1. The van der Waals surface area contributed by atoms with Gasteiger partial charge in [-0.3, -0.25) is 0 Å². The molecule has 0 aromatic carbocycles. The van der Waals surface area contributed by atoms with Gasteiger partial charge in [-0.1, -0.05) is 0 Å². The van der Waals surface area contributed by atoms with Crippen LogP contribution >= 0.6 is 0 Å². The number of rotatable bonds is 0. The summed E-state index contributed by atoms with van der Waals surface area (Å²) in [6.07, 6.45) is 1.51. The van der Waals surface area contributed by atoms with Gasteiger partial charge in [-0.05, 0) is 6.92 Å². The highest BCUT2D eigenvalue weighted by Gasteiger charge is 1.86. The van der Waals surface area contributed by atoms with Gasteiger partial charge in [-0.2, -0.15) is 4.98 Å². The Hall–Kier alpha value is -1.12. The maximum atomic E-state index is 8.66. The summed E-state index contributed by atoms with van der Waals surface area (Å²) in [6.45, 7) is 1.72. The van der Waals surface area contributed by atoms with E-state index in [0.717, 1.165) is 0 Å². The molecule has 0 aliphatic heterocycles. The molecule has 0 aliphatic carbocycles. The quantitative estimate of drug-likeness (QED) is 0.528. The van der Waals surface area contributed by atoms with Crippen molar-refractivity contribution < 1.29 is 5.11 Å². The topological polar surface area (TPSA) is 46.0 Å². The molecule has 0 fully saturated rings. The Morgan fingerprint density at radius 2 is 2.38 bits per heavy atom. The zero-order chi connectivity index (χ0) is 5.98. The molecule has 0 bridgehead atoms. The molecule has 3 nitrogen and oxygen atoms in total. The van der Waals surface area contributed by atoms with E-state index in [1.807, 2.05) is 0 Å². The largest absolute Gasteiger partial charge is 0.493 e. The van der Waals surface area contributed by atoms with Crippen LogP contribution in [0.25, 0.3) is 0 Å². The summed E-state index contributed by atoms with van der Waals surface area (Å²) in [5.74, 6) is 0.613. The van der Waals surface area contributed by atoms with Crippen molar-refractivity contribution >= 4 is 0 Å². The third-order valence-electron chi connectivity index (χ3n) is 0.761. The Morgan fingerprint density at radius 1 is 1.62 bits per heavy atom. The average Bonchev–Trinajstić information content (AvgIpc) is 1.64. The summed E-state index contributed by atoms with van der Waals surface area (Å²) in [5, 5.41) is 8.66. The van der Waals surface area contributed by atoms with E-state index in [1.54, 1.807) is 6.92 Å². The van der Waals surface area contributed by atoms with Gasteiger partial charge < -0.3 is 5.11 Å². The number of hydrogen-bond acceptors (Lipinski definition) is 3. The molecule has 0 aliphatic rings. The van der Waals surface area contributed by atoms with Gasteiger partial charge in [-0.15, -0.1) is 0 Å². The van der Waals surface area contributed by atoms with Crippen molar-refractivity contribution in [2.45, 2.75) is 6.92 Å². The van der Waals surface area contributed by atoms with Crippen LogP contribution in [0.2, 0.25) is 0 Å². The molecule has 0 amide bonds. The molecule has 1 rings (SSSR count). The van der Waals surface area contributed by atoms with E-state index < -0.39 is 0 Å². The third kappa shape index (κ3) is 0.932. The summed E-state index contributed by atoms with van der Waals surface area (Å²) < 4.78 is 0. The molecule has 1 aromatic rings. The van der Waals surface area contributed by atoms with Crippen molar-refractivity contribution in [1.29, 1.82) is 0 Å². The summed E-state index contributed by atoms with van der Waals surface area (Å²) >= 11 is 0. The Morgan fingerprint density at radius 3 is 2.75 bits per heavy atom. The van der Waals surface area contributed by atoms with Crippen LogP contribution in [-0.2, 0) is 0 Å². The standard InChI is InChI=1S/C5H6N2O/c1-4-6-3-2-5(8)7-4/h2-3H,1H3,(H,6,7,8). The summed E-state index contributed by atoms with van der Waals surface area (Å²) in [4.78, 5) is 7.39. The van der Waals surface area contributed by atoms with E-state index in [-0.39, 0.29) is 5.88 Å². The van der Waals surface area contributed by atoms with E-state index in [1.165, 1.54) is 12.3 Å². The van der Waals surface area contributed by atoms with Crippen LogP contribution < -0.4 is 0 Å². The predicted molar refractivity (Wildman–Crippen MR) is 28.4 cm³/mol. The van der Waals surface area contributed by atoms with Crippen LogP contribution in [0.15, 0.2) is 12.3 Å². The molecule has 0 saturated heterocycles. The molecule has 0 unspecified atom stereocenters. The molecular weight excluding hydrogens is 104 g/mol. The minimum atomic E-state index is 0.0255. The van der Waals surface area contributed by atoms with Crippen LogP contribution in [0, 0.1) is 6.92 Å². The Balaban J connectivity index is 3.08. The fourth-order valence-corrected chi connectivity index (χ4v) is 0.444. The lowest BCUT2D eigenvalue weighted by atomic mass is 10.6. The molecule has 0 spiro atoms. The van der Waals surface area contributed by atoms with Crippen LogP contribution in [0.5, 0.6) is 5.88 Å². The van der Waals surface area contributed by atoms with Gasteiger partial charge in [0.25, 0.3) is 0 Å². The van der Waals surface area contributed by atoms with Gasteiger partial charge in [0.2, 0.25) is 5.88 Å². The fourth-order valence-electron chi connectivity index (χ4n) is 0.444. The van der Waals surface area contributed by atoms with E-state index in [0.29, 0.717) is 5.82 Å². The molecule has 1 heterocycles. The molecule has 1 aromatic heterocycles. The average molecular weight is 110 g/mol. The SMILES string of the molecule is Cc1nccc(O)n1. The van der Waals surface area contributed by atoms with Gasteiger partial charge in [0.05, 0.1) is 0 Å². The summed E-state index contributed by atoms with van der Waals surface area (Å²) in [5.41, 5.74) is 0. The van der Waals surface area contributed by atoms with Crippen LogP contribution in [-0.4, -0.2) is 15.1 Å². The van der Waals surface area contributed by atoms with E-state index in [2.05, 4.69) is 9.97 Å². The van der Waals surface area contributed by atoms with E-state index in [4.69, 9.17) is 5.11 Å². The second kappa shape index (κ2) is 1.78. The highest BCUT2D eigenvalue weighted by Crippen LogP contribution is 1.98. The first kappa shape index (κ1) is 5.03. The van der Waals surface area contributed by atoms with Crippen molar-refractivity contribution in [1.82, 2.24) is 9.97 Å². The summed E-state index contributed by atoms with van der Waals surface area (Å²) in [6, 6.07) is 1.44. The van der Waals surface area contributed by atoms with Crippen LogP contribution in [0.3, 0.4) is 0 Å². The molecule has 3 heteroatoms. The number of aryl methyl sites for hydroxylation is 1. The highest BCUT2D eigenvalue weighted by molar-refractivity contribution is 5.04. The number of nitrogens with zero attached hydrogens (tertiary/aromatic N) is 2. The van der Waals surface area contributed by atoms with Crippen molar-refractivity contribution in [2.75, 3.05) is 0 Å². The van der Waals surface area contributed by atoms with Crippen LogP contribution in [0.4, 0.5) is 0 Å². The second-order valence-electron chi connectivity index (χ2n) is 1.46. The molecule has 42 valence electrons. The minimum Gasteiger partial charge on any atom is -0.493 e. The number of aromatic nitrogens is 2. The highest BCUT2D eigenvalue weighted by atomic mass is 16.3. The third-order valence-corrected chi connectivity index (χ3v) is 0.761. The zero-order valence-electron chi connectivity index (χ0n) is 4.50. The Bertz CT molecular complexity index is 170. The van der Waals surface area contributed by atoms with Gasteiger partial charge in [0, 0.05) is 12.3 Å². The van der Waals surface area contributed by atoms with Gasteiger partial charge in [0.1, 0.15) is 5.82 Å². The van der Waals surface area contributed by atoms with Crippen molar-refractivity contribution in [2.24, 2.45) is 0 Å². The molecule has 0 saturated carbocycles. The molecular formula is C5H6N2O. The normalized spacial score (nSPS) is 9.12. The van der Waals surface area contributed by atoms with Crippen molar-refractivity contribution in [3.63, 3.8) is 0 Å². The second-order valence-corrected chi connectivity index (χ2v) is 1.46. The lowest BCUT2D eigenvalue weighted by molar-refractivity contribution is 0.450. The summed E-state index contributed by atoms with van der Waals surface area (Å²) in [7, 11) is 0. The van der Waals surface area contributed by atoms with E-state index >= 15 is 0 Å². The van der Waals surface area contributed by atoms with Crippen molar-refractivity contribution in [3.8, 4) is 5.88 Å². The first-order valence-corrected chi connectivity index (χ1v) is 2.27. The Kier molecular flexibility index (Phi) is 1.12. The first-order chi connectivity index (χ1) is 3.79. The van der Waals surface area contributed by atoms with Gasteiger partial charge >= 0.3 is 0 Å². The zero-order valence-corrected chi connectivity index (χ0v) is 4.50. The maximum Gasteiger partial charge on any atom is 0.214 e. The smallest absolute Gasteiger partial charge is 0.214 e. The monoisotopic (exact) mass is 110 g/mol. The van der Waals surface area contributed by atoms with Crippen LogP contribution in [0.1, 0.15) is 5.82 Å². The first-order valence-electron chi connectivity index (χ1n) is 2.27. The van der Waals surface area contributed by atoms with E-state index in [9.17, 15) is 0 Å². The van der Waals surface area contributed by atoms with Gasteiger partial charge in [-0.25, -0.2) is 4.98 Å². The predicted octanol–water partition coefficient (Wildman–Crippen LogP) is 0.491. The number of aromatic hydroxyl groups is 1. The molecule has 8 heavy (non-hydrogen) atoms.